The Bertz CT molecular complexity index is 1200. The molecule has 0 aliphatic heterocycles. The average Bonchev–Trinajstić information content (AvgIpc) is 3.37. The van der Waals surface area contributed by atoms with Gasteiger partial charge < -0.3 is 14.6 Å². The van der Waals surface area contributed by atoms with Gasteiger partial charge in [-0.1, -0.05) is 35.5 Å². The number of aryl methyl sites for hydroxylation is 1. The molecule has 1 aliphatic carbocycles. The normalized spacial score (nSPS) is 15.7. The Morgan fingerprint density at radius 1 is 1.25 bits per heavy atom. The third kappa shape index (κ3) is 5.19. The maximum atomic E-state index is 11.4. The molecule has 1 heterocycles. The number of ether oxygens (including phenoxy) is 1. The van der Waals surface area contributed by atoms with Gasteiger partial charge in [0, 0.05) is 24.4 Å². The standard InChI is InChI=1S/C24H29N3O4S/c1-4-30-22-14-17(9-8-16(22)2)15-23-26-24(27-31-23)20-7-5-6-19-18(20)10-11-21(19)25-12-13-32(3,28)29/h5-9,14,21,25H,4,10-13,15H2,1-3H3. The minimum absolute atomic E-state index is 0.136. The van der Waals surface area contributed by atoms with Crippen molar-refractivity contribution in [2.24, 2.45) is 0 Å². The number of aromatic nitrogens is 2. The minimum atomic E-state index is -2.98. The van der Waals surface area contributed by atoms with E-state index in [1.165, 1.54) is 17.4 Å². The lowest BCUT2D eigenvalue weighted by molar-refractivity contribution is 0.337. The Labute approximate surface area is 189 Å². The molecule has 1 atom stereocenters. The summed E-state index contributed by atoms with van der Waals surface area (Å²) in [6.45, 7) is 5.07. The first kappa shape index (κ1) is 22.5. The number of hydrogen-bond acceptors (Lipinski definition) is 7. The van der Waals surface area contributed by atoms with Crippen LogP contribution in [0.25, 0.3) is 11.4 Å². The van der Waals surface area contributed by atoms with Crippen molar-refractivity contribution in [3.8, 4) is 17.1 Å². The predicted molar refractivity (Wildman–Crippen MR) is 124 cm³/mol. The zero-order chi connectivity index (χ0) is 22.7. The molecule has 3 aromatic rings. The average molecular weight is 456 g/mol. The van der Waals surface area contributed by atoms with Crippen LogP contribution in [0.5, 0.6) is 5.75 Å². The minimum Gasteiger partial charge on any atom is -0.494 e. The molecule has 32 heavy (non-hydrogen) atoms. The van der Waals surface area contributed by atoms with Gasteiger partial charge in [0.05, 0.1) is 18.8 Å². The van der Waals surface area contributed by atoms with E-state index in [1.807, 2.05) is 38.1 Å². The SMILES string of the molecule is CCOc1cc(Cc2nc(-c3cccc4c3CCC4NCCS(C)(=O)=O)no2)ccc1C. The maximum Gasteiger partial charge on any atom is 0.231 e. The summed E-state index contributed by atoms with van der Waals surface area (Å²) in [6, 6.07) is 12.4. The van der Waals surface area contributed by atoms with Crippen LogP contribution in [-0.2, 0) is 22.7 Å². The summed E-state index contributed by atoms with van der Waals surface area (Å²) < 4.78 is 34.1. The highest BCUT2D eigenvalue weighted by Gasteiger charge is 2.26. The molecular weight excluding hydrogens is 426 g/mol. The predicted octanol–water partition coefficient (Wildman–Crippen LogP) is 3.66. The number of benzene rings is 2. The van der Waals surface area contributed by atoms with Crippen molar-refractivity contribution in [2.45, 2.75) is 39.2 Å². The van der Waals surface area contributed by atoms with Crippen molar-refractivity contribution >= 4 is 9.84 Å². The van der Waals surface area contributed by atoms with Crippen molar-refractivity contribution < 1.29 is 17.7 Å². The lowest BCUT2D eigenvalue weighted by Crippen LogP contribution is -2.25. The number of rotatable bonds is 9. The van der Waals surface area contributed by atoms with E-state index in [9.17, 15) is 8.42 Å². The van der Waals surface area contributed by atoms with Gasteiger partial charge in [-0.05, 0) is 55.0 Å². The molecule has 0 bridgehead atoms. The number of sulfone groups is 1. The molecule has 4 rings (SSSR count). The molecule has 7 nitrogen and oxygen atoms in total. The summed E-state index contributed by atoms with van der Waals surface area (Å²) in [5, 5.41) is 7.61. The Morgan fingerprint density at radius 2 is 2.09 bits per heavy atom. The molecule has 0 amide bonds. The zero-order valence-electron chi connectivity index (χ0n) is 18.7. The molecule has 2 aromatic carbocycles. The Morgan fingerprint density at radius 3 is 2.88 bits per heavy atom. The van der Waals surface area contributed by atoms with Gasteiger partial charge in [0.1, 0.15) is 15.6 Å². The van der Waals surface area contributed by atoms with Crippen LogP contribution in [0.15, 0.2) is 40.9 Å². The van der Waals surface area contributed by atoms with Crippen molar-refractivity contribution in [2.75, 3.05) is 25.2 Å². The van der Waals surface area contributed by atoms with E-state index in [1.54, 1.807) is 0 Å². The third-order valence-corrected chi connectivity index (χ3v) is 6.70. The van der Waals surface area contributed by atoms with Crippen LogP contribution < -0.4 is 10.1 Å². The molecule has 1 unspecified atom stereocenters. The van der Waals surface area contributed by atoms with E-state index in [0.717, 1.165) is 35.3 Å². The van der Waals surface area contributed by atoms with Crippen molar-refractivity contribution in [1.29, 1.82) is 0 Å². The van der Waals surface area contributed by atoms with Crippen LogP contribution >= 0.6 is 0 Å². The molecule has 0 saturated heterocycles. The van der Waals surface area contributed by atoms with Gasteiger partial charge in [0.2, 0.25) is 11.7 Å². The van der Waals surface area contributed by atoms with Gasteiger partial charge in [0.25, 0.3) is 0 Å². The molecule has 1 N–H and O–H groups in total. The van der Waals surface area contributed by atoms with Crippen LogP contribution in [0.4, 0.5) is 0 Å². The molecule has 0 saturated carbocycles. The van der Waals surface area contributed by atoms with Crippen LogP contribution in [0.2, 0.25) is 0 Å². The van der Waals surface area contributed by atoms with Gasteiger partial charge in [-0.2, -0.15) is 4.98 Å². The molecule has 1 aromatic heterocycles. The second-order valence-electron chi connectivity index (χ2n) is 8.27. The summed E-state index contributed by atoms with van der Waals surface area (Å²) in [6.07, 6.45) is 3.61. The number of fused-ring (bicyclic) bond motifs is 1. The van der Waals surface area contributed by atoms with Gasteiger partial charge in [-0.25, -0.2) is 8.42 Å². The highest BCUT2D eigenvalue weighted by atomic mass is 32.2. The molecule has 0 radical (unpaired) electrons. The van der Waals surface area contributed by atoms with Crippen molar-refractivity contribution in [3.05, 3.63) is 64.5 Å². The third-order valence-electron chi connectivity index (χ3n) is 5.75. The maximum absolute atomic E-state index is 11.4. The van der Waals surface area contributed by atoms with E-state index in [-0.39, 0.29) is 11.8 Å². The first-order valence-corrected chi connectivity index (χ1v) is 13.0. The summed E-state index contributed by atoms with van der Waals surface area (Å²) in [7, 11) is -2.98. The van der Waals surface area contributed by atoms with E-state index in [4.69, 9.17) is 9.26 Å². The quantitative estimate of drug-likeness (QED) is 0.526. The molecule has 1 aliphatic rings. The van der Waals surface area contributed by atoms with E-state index in [2.05, 4.69) is 27.6 Å². The largest absolute Gasteiger partial charge is 0.494 e. The highest BCUT2D eigenvalue weighted by molar-refractivity contribution is 7.90. The lowest BCUT2D eigenvalue weighted by Gasteiger charge is -2.14. The van der Waals surface area contributed by atoms with Crippen LogP contribution in [0.3, 0.4) is 0 Å². The Balaban J connectivity index is 1.50. The monoisotopic (exact) mass is 455 g/mol. The van der Waals surface area contributed by atoms with Crippen molar-refractivity contribution in [3.63, 3.8) is 0 Å². The van der Waals surface area contributed by atoms with E-state index < -0.39 is 9.84 Å². The van der Waals surface area contributed by atoms with Gasteiger partial charge in [-0.15, -0.1) is 0 Å². The number of hydrogen-bond donors (Lipinski definition) is 1. The zero-order valence-corrected chi connectivity index (χ0v) is 19.5. The lowest BCUT2D eigenvalue weighted by atomic mass is 10.0. The van der Waals surface area contributed by atoms with Crippen molar-refractivity contribution in [1.82, 2.24) is 15.5 Å². The summed E-state index contributed by atoms with van der Waals surface area (Å²) in [5.74, 6) is 2.16. The summed E-state index contributed by atoms with van der Waals surface area (Å²) in [5.41, 5.74) is 5.51. The fourth-order valence-electron chi connectivity index (χ4n) is 4.17. The molecule has 8 heteroatoms. The summed E-state index contributed by atoms with van der Waals surface area (Å²) >= 11 is 0. The molecule has 0 spiro atoms. The molecule has 0 fully saturated rings. The van der Waals surface area contributed by atoms with Gasteiger partial charge in [0.15, 0.2) is 0 Å². The Hall–Kier alpha value is -2.71. The smallest absolute Gasteiger partial charge is 0.231 e. The molecular formula is C24H29N3O4S. The fraction of sp³-hybridized carbons (Fsp3) is 0.417. The van der Waals surface area contributed by atoms with E-state index in [0.29, 0.717) is 31.3 Å². The summed E-state index contributed by atoms with van der Waals surface area (Å²) in [4.78, 5) is 4.65. The first-order valence-electron chi connectivity index (χ1n) is 10.9. The van der Waals surface area contributed by atoms with Gasteiger partial charge in [-0.3, -0.25) is 0 Å². The van der Waals surface area contributed by atoms with E-state index >= 15 is 0 Å². The second kappa shape index (κ2) is 9.42. The Kier molecular flexibility index (Phi) is 6.62. The highest BCUT2D eigenvalue weighted by Crippen LogP contribution is 2.37. The van der Waals surface area contributed by atoms with Crippen LogP contribution in [-0.4, -0.2) is 43.7 Å². The topological polar surface area (TPSA) is 94.3 Å². The van der Waals surface area contributed by atoms with Crippen LogP contribution in [0.1, 0.15) is 47.5 Å². The fourth-order valence-corrected chi connectivity index (χ4v) is 4.66. The van der Waals surface area contributed by atoms with Gasteiger partial charge >= 0.3 is 0 Å². The van der Waals surface area contributed by atoms with Crippen LogP contribution in [0, 0.1) is 6.92 Å². The first-order chi connectivity index (χ1) is 15.3. The molecule has 170 valence electrons. The number of nitrogens with one attached hydrogen (secondary N) is 1. The second-order valence-corrected chi connectivity index (χ2v) is 10.5. The number of nitrogens with zero attached hydrogens (tertiary/aromatic N) is 2.